The first-order valence-electron chi connectivity index (χ1n) is 5.12. The third-order valence-corrected chi connectivity index (χ3v) is 2.19. The van der Waals surface area contributed by atoms with E-state index in [9.17, 15) is 4.79 Å². The van der Waals surface area contributed by atoms with Crippen molar-refractivity contribution in [3.63, 3.8) is 0 Å². The van der Waals surface area contributed by atoms with Crippen molar-refractivity contribution in [2.24, 2.45) is 0 Å². The number of rotatable bonds is 5. The molecule has 0 saturated carbocycles. The zero-order valence-electron chi connectivity index (χ0n) is 9.53. The molecule has 0 aromatic carbocycles. The Morgan fingerprint density at radius 1 is 1.75 bits per heavy atom. The largest absolute Gasteiger partial charge is 0.478 e. The fourth-order valence-electron chi connectivity index (χ4n) is 1.42. The van der Waals surface area contributed by atoms with E-state index in [1.54, 1.807) is 12.1 Å². The van der Waals surface area contributed by atoms with Crippen molar-refractivity contribution in [3.05, 3.63) is 36.2 Å². The first kappa shape index (κ1) is 12.2. The van der Waals surface area contributed by atoms with Crippen LogP contribution in [0.2, 0.25) is 0 Å². The predicted molar refractivity (Wildman–Crippen MR) is 63.8 cm³/mol. The number of carbonyl (C=O) groups is 1. The number of carboxylic acid groups (broad SMARTS) is 1. The molecule has 1 atom stereocenters. The molecule has 1 aromatic heterocycles. The van der Waals surface area contributed by atoms with E-state index in [-0.39, 0.29) is 11.6 Å². The predicted octanol–water partition coefficient (Wildman–Crippen LogP) is 2.46. The standard InChI is InChI=1S/C12H16N2O2/c1-4-5-8(2)14-11-6-9(3)13-7-10(11)12(15)16/h4,6-8H,1,5H2,2-3H3,(H,13,14)(H,15,16). The molecule has 0 fully saturated rings. The van der Waals surface area contributed by atoms with Crippen LogP contribution in [0.5, 0.6) is 0 Å². The summed E-state index contributed by atoms with van der Waals surface area (Å²) in [5.74, 6) is -0.971. The summed E-state index contributed by atoms with van der Waals surface area (Å²) in [6, 6.07) is 1.89. The van der Waals surface area contributed by atoms with Crippen LogP contribution in [0.4, 0.5) is 5.69 Å². The van der Waals surface area contributed by atoms with Crippen molar-refractivity contribution < 1.29 is 9.90 Å². The summed E-state index contributed by atoms with van der Waals surface area (Å²) in [6.07, 6.45) is 3.95. The number of hydrogen-bond acceptors (Lipinski definition) is 3. The fraction of sp³-hybridized carbons (Fsp3) is 0.333. The van der Waals surface area contributed by atoms with E-state index in [0.29, 0.717) is 5.69 Å². The Morgan fingerprint density at radius 3 is 3.00 bits per heavy atom. The number of aromatic nitrogens is 1. The number of nitrogens with one attached hydrogen (secondary N) is 1. The normalized spacial score (nSPS) is 11.9. The minimum Gasteiger partial charge on any atom is -0.478 e. The van der Waals surface area contributed by atoms with Gasteiger partial charge in [0.25, 0.3) is 0 Å². The molecule has 0 aliphatic rings. The van der Waals surface area contributed by atoms with E-state index < -0.39 is 5.97 Å². The van der Waals surface area contributed by atoms with Gasteiger partial charge in [-0.05, 0) is 26.3 Å². The van der Waals surface area contributed by atoms with Crippen molar-refractivity contribution in [3.8, 4) is 0 Å². The second-order valence-electron chi connectivity index (χ2n) is 3.75. The van der Waals surface area contributed by atoms with Gasteiger partial charge in [0.05, 0.1) is 5.69 Å². The summed E-state index contributed by atoms with van der Waals surface area (Å²) in [6.45, 7) is 7.45. The number of carboxylic acids is 1. The highest BCUT2D eigenvalue weighted by Crippen LogP contribution is 2.17. The second-order valence-corrected chi connectivity index (χ2v) is 3.75. The molecule has 1 rings (SSSR count). The van der Waals surface area contributed by atoms with Gasteiger partial charge in [-0.1, -0.05) is 6.08 Å². The van der Waals surface area contributed by atoms with Gasteiger partial charge in [-0.2, -0.15) is 0 Å². The van der Waals surface area contributed by atoms with Gasteiger partial charge in [0, 0.05) is 17.9 Å². The lowest BCUT2D eigenvalue weighted by atomic mass is 10.1. The Bertz CT molecular complexity index is 402. The van der Waals surface area contributed by atoms with Gasteiger partial charge >= 0.3 is 5.97 Å². The number of anilines is 1. The van der Waals surface area contributed by atoms with Crippen LogP contribution in [0.25, 0.3) is 0 Å². The maximum atomic E-state index is 11.0. The van der Waals surface area contributed by atoms with Crippen molar-refractivity contribution >= 4 is 11.7 Å². The minimum atomic E-state index is -0.971. The molecular weight excluding hydrogens is 204 g/mol. The Labute approximate surface area is 95.0 Å². The fourth-order valence-corrected chi connectivity index (χ4v) is 1.42. The van der Waals surface area contributed by atoms with E-state index >= 15 is 0 Å². The molecule has 0 radical (unpaired) electrons. The molecule has 0 aliphatic carbocycles. The first-order valence-corrected chi connectivity index (χ1v) is 5.12. The Morgan fingerprint density at radius 2 is 2.44 bits per heavy atom. The van der Waals surface area contributed by atoms with Crippen LogP contribution >= 0.6 is 0 Å². The highest BCUT2D eigenvalue weighted by Gasteiger charge is 2.12. The van der Waals surface area contributed by atoms with Crippen LogP contribution < -0.4 is 5.32 Å². The van der Waals surface area contributed by atoms with E-state index in [0.717, 1.165) is 12.1 Å². The molecule has 1 unspecified atom stereocenters. The molecule has 86 valence electrons. The topological polar surface area (TPSA) is 62.2 Å². The molecule has 0 bridgehead atoms. The highest BCUT2D eigenvalue weighted by atomic mass is 16.4. The van der Waals surface area contributed by atoms with Crippen LogP contribution in [0.15, 0.2) is 24.9 Å². The van der Waals surface area contributed by atoms with E-state index in [1.807, 2.05) is 13.8 Å². The second kappa shape index (κ2) is 5.30. The van der Waals surface area contributed by atoms with Gasteiger partial charge in [0.1, 0.15) is 5.56 Å². The summed E-state index contributed by atoms with van der Waals surface area (Å²) < 4.78 is 0. The monoisotopic (exact) mass is 220 g/mol. The van der Waals surface area contributed by atoms with Crippen LogP contribution in [-0.4, -0.2) is 22.1 Å². The van der Waals surface area contributed by atoms with E-state index in [1.165, 1.54) is 6.20 Å². The van der Waals surface area contributed by atoms with Gasteiger partial charge in [0.2, 0.25) is 0 Å². The van der Waals surface area contributed by atoms with Crippen molar-refractivity contribution in [1.82, 2.24) is 4.98 Å². The summed E-state index contributed by atoms with van der Waals surface area (Å²) >= 11 is 0. The molecule has 1 heterocycles. The van der Waals surface area contributed by atoms with Gasteiger partial charge in [-0.15, -0.1) is 6.58 Å². The lowest BCUT2D eigenvalue weighted by Crippen LogP contribution is -2.17. The van der Waals surface area contributed by atoms with Crippen LogP contribution in [0.1, 0.15) is 29.4 Å². The third-order valence-electron chi connectivity index (χ3n) is 2.19. The summed E-state index contributed by atoms with van der Waals surface area (Å²) in [5.41, 5.74) is 1.59. The molecule has 0 spiro atoms. The van der Waals surface area contributed by atoms with Crippen LogP contribution in [0.3, 0.4) is 0 Å². The number of pyridine rings is 1. The number of aromatic carboxylic acids is 1. The maximum Gasteiger partial charge on any atom is 0.339 e. The Balaban J connectivity index is 2.96. The summed E-state index contributed by atoms with van der Waals surface area (Å²) in [7, 11) is 0. The number of nitrogens with zero attached hydrogens (tertiary/aromatic N) is 1. The third kappa shape index (κ3) is 3.08. The molecular formula is C12H16N2O2. The molecule has 0 aliphatic heterocycles. The highest BCUT2D eigenvalue weighted by molar-refractivity contribution is 5.93. The molecule has 0 saturated heterocycles. The molecule has 16 heavy (non-hydrogen) atoms. The quantitative estimate of drug-likeness (QED) is 0.748. The lowest BCUT2D eigenvalue weighted by molar-refractivity contribution is 0.0697. The minimum absolute atomic E-state index is 0.150. The average Bonchev–Trinajstić information content (AvgIpc) is 2.17. The van der Waals surface area contributed by atoms with E-state index in [4.69, 9.17) is 5.11 Å². The smallest absolute Gasteiger partial charge is 0.339 e. The molecule has 4 heteroatoms. The van der Waals surface area contributed by atoms with Crippen molar-refractivity contribution in [2.45, 2.75) is 26.3 Å². The van der Waals surface area contributed by atoms with Crippen molar-refractivity contribution in [1.29, 1.82) is 0 Å². The van der Waals surface area contributed by atoms with Crippen LogP contribution in [-0.2, 0) is 0 Å². The molecule has 1 aromatic rings. The molecule has 0 amide bonds. The number of aryl methyl sites for hydroxylation is 1. The van der Waals surface area contributed by atoms with Gasteiger partial charge in [-0.3, -0.25) is 4.98 Å². The molecule has 2 N–H and O–H groups in total. The van der Waals surface area contributed by atoms with Crippen molar-refractivity contribution in [2.75, 3.05) is 5.32 Å². The van der Waals surface area contributed by atoms with Crippen LogP contribution in [0, 0.1) is 6.92 Å². The molecule has 4 nitrogen and oxygen atoms in total. The summed E-state index contributed by atoms with van der Waals surface area (Å²) in [4.78, 5) is 14.9. The van der Waals surface area contributed by atoms with Gasteiger partial charge < -0.3 is 10.4 Å². The zero-order valence-corrected chi connectivity index (χ0v) is 9.53. The lowest BCUT2D eigenvalue weighted by Gasteiger charge is -2.15. The maximum absolute atomic E-state index is 11.0. The van der Waals surface area contributed by atoms with Gasteiger partial charge in [0.15, 0.2) is 0 Å². The first-order chi connectivity index (χ1) is 7.54. The average molecular weight is 220 g/mol. The van der Waals surface area contributed by atoms with E-state index in [2.05, 4.69) is 16.9 Å². The number of hydrogen-bond donors (Lipinski definition) is 2. The Hall–Kier alpha value is -1.84. The van der Waals surface area contributed by atoms with Gasteiger partial charge in [-0.25, -0.2) is 4.79 Å². The Kier molecular flexibility index (Phi) is 4.05. The SMILES string of the molecule is C=CCC(C)Nc1cc(C)ncc1C(=O)O. The summed E-state index contributed by atoms with van der Waals surface area (Å²) in [5, 5.41) is 12.1. The zero-order chi connectivity index (χ0) is 12.1.